The number of carbonyl (C=O) groups is 3. The van der Waals surface area contributed by atoms with Crippen molar-refractivity contribution in [1.82, 2.24) is 9.80 Å². The molecule has 1 unspecified atom stereocenters. The number of carbonyl (C=O) groups excluding carboxylic acids is 3. The number of ether oxygens (including phenoxy) is 1. The number of alkyl halides is 3. The Morgan fingerprint density at radius 3 is 2.55 bits per heavy atom. The van der Waals surface area contributed by atoms with Crippen LogP contribution in [0.15, 0.2) is 53.9 Å². The quantitative estimate of drug-likeness (QED) is 0.363. The summed E-state index contributed by atoms with van der Waals surface area (Å²) >= 11 is 1.30. The molecule has 206 valence electrons. The first kappa shape index (κ1) is 27.3. The summed E-state index contributed by atoms with van der Waals surface area (Å²) in [6, 6.07) is 11.4. The summed E-state index contributed by atoms with van der Waals surface area (Å²) in [4.78, 5) is 41.1. The highest BCUT2D eigenvalue weighted by atomic mass is 32.1. The second-order valence-electron chi connectivity index (χ2n) is 9.64. The molecule has 1 spiro atoms. The number of aryl methyl sites for hydroxylation is 1. The normalized spacial score (nSPS) is 18.9. The van der Waals surface area contributed by atoms with Crippen LogP contribution in [0.5, 0.6) is 0 Å². The number of thiophene rings is 1. The summed E-state index contributed by atoms with van der Waals surface area (Å²) in [7, 11) is 0. The third-order valence-corrected chi connectivity index (χ3v) is 8.06. The monoisotopic (exact) mass is 571 g/mol. The molecule has 2 aliphatic rings. The Kier molecular flexibility index (Phi) is 6.87. The SMILES string of the molecule is CC(N(Cc1ccc(F)cc1)C(=O)CN1C(=O)O[C@@]2(CCc3cc(-c4csc(C#N)c4)ccc32)C1=O)C(F)(F)F. The van der Waals surface area contributed by atoms with Crippen molar-refractivity contribution in [2.24, 2.45) is 0 Å². The molecule has 5 rings (SSSR count). The third kappa shape index (κ3) is 4.81. The molecule has 3 aromatic rings. The topological polar surface area (TPSA) is 90.7 Å². The molecule has 1 aromatic heterocycles. The Morgan fingerprint density at radius 1 is 1.18 bits per heavy atom. The molecule has 12 heteroatoms. The molecule has 1 saturated heterocycles. The number of amides is 3. The molecule has 0 bridgehead atoms. The predicted octanol–water partition coefficient (Wildman–Crippen LogP) is 5.53. The maximum atomic E-state index is 13.6. The second-order valence-corrected chi connectivity index (χ2v) is 10.5. The van der Waals surface area contributed by atoms with Gasteiger partial charge in [0.1, 0.15) is 29.4 Å². The minimum Gasteiger partial charge on any atom is -0.427 e. The van der Waals surface area contributed by atoms with Gasteiger partial charge >= 0.3 is 12.3 Å². The lowest BCUT2D eigenvalue weighted by molar-refractivity contribution is -0.187. The summed E-state index contributed by atoms with van der Waals surface area (Å²) in [6.07, 6.45) is -5.40. The lowest BCUT2D eigenvalue weighted by atomic mass is 9.93. The van der Waals surface area contributed by atoms with Crippen LogP contribution in [0, 0.1) is 17.1 Å². The molecular weight excluding hydrogens is 550 g/mol. The van der Waals surface area contributed by atoms with Gasteiger partial charge in [-0.05, 0) is 59.2 Å². The van der Waals surface area contributed by atoms with Gasteiger partial charge in [0.25, 0.3) is 5.91 Å². The van der Waals surface area contributed by atoms with Crippen molar-refractivity contribution < 1.29 is 36.7 Å². The number of rotatable bonds is 6. The highest BCUT2D eigenvalue weighted by molar-refractivity contribution is 7.10. The molecular formula is C28H21F4N3O4S. The molecule has 0 N–H and O–H groups in total. The first-order valence-corrected chi connectivity index (χ1v) is 13.1. The summed E-state index contributed by atoms with van der Waals surface area (Å²) in [5.74, 6) is -2.52. The minimum atomic E-state index is -4.79. The molecule has 0 radical (unpaired) electrons. The van der Waals surface area contributed by atoms with Crippen molar-refractivity contribution in [2.45, 2.75) is 44.1 Å². The van der Waals surface area contributed by atoms with Crippen LogP contribution in [0.1, 0.15) is 34.9 Å². The number of hydrogen-bond donors (Lipinski definition) is 0. The Hall–Kier alpha value is -4.24. The number of fused-ring (bicyclic) bond motifs is 2. The number of imide groups is 1. The van der Waals surface area contributed by atoms with Gasteiger partial charge in [0, 0.05) is 18.5 Å². The van der Waals surface area contributed by atoms with Crippen LogP contribution in [-0.4, -0.2) is 46.5 Å². The van der Waals surface area contributed by atoms with Gasteiger partial charge in [-0.25, -0.2) is 14.1 Å². The largest absolute Gasteiger partial charge is 0.427 e. The van der Waals surface area contributed by atoms with Crippen LogP contribution >= 0.6 is 11.3 Å². The molecule has 7 nitrogen and oxygen atoms in total. The maximum Gasteiger partial charge on any atom is 0.418 e. The van der Waals surface area contributed by atoms with Crippen molar-refractivity contribution in [3.8, 4) is 17.2 Å². The van der Waals surface area contributed by atoms with E-state index >= 15 is 0 Å². The Labute approximate surface area is 230 Å². The van der Waals surface area contributed by atoms with Gasteiger partial charge in [-0.1, -0.05) is 30.3 Å². The standard InChI is InChI=1S/C28H21F4N3O4S/c1-16(28(30,31)32)34(13-17-2-5-21(29)6-3-17)24(36)14-35-25(37)27(39-26(35)38)9-8-19-10-18(4-7-23(19)27)20-11-22(12-33)40-15-20/h2-7,10-11,15-16H,8-9,13-14H2,1H3/t16?,27-/m1/s1. The van der Waals surface area contributed by atoms with Gasteiger partial charge in [0.2, 0.25) is 11.5 Å². The van der Waals surface area contributed by atoms with Crippen LogP contribution in [0.25, 0.3) is 11.1 Å². The van der Waals surface area contributed by atoms with Crippen LogP contribution in [0.4, 0.5) is 22.4 Å². The number of nitrogens with zero attached hydrogens (tertiary/aromatic N) is 3. The highest BCUT2D eigenvalue weighted by Crippen LogP contribution is 2.46. The Morgan fingerprint density at radius 2 is 1.90 bits per heavy atom. The summed E-state index contributed by atoms with van der Waals surface area (Å²) < 4.78 is 59.7. The zero-order valence-electron chi connectivity index (χ0n) is 21.0. The number of nitriles is 1. The summed E-state index contributed by atoms with van der Waals surface area (Å²) in [5, 5.41) is 10.9. The average molecular weight is 572 g/mol. The molecule has 2 atom stereocenters. The number of benzene rings is 2. The van der Waals surface area contributed by atoms with E-state index in [0.717, 1.165) is 35.7 Å². The van der Waals surface area contributed by atoms with Gasteiger partial charge in [-0.3, -0.25) is 9.59 Å². The van der Waals surface area contributed by atoms with Crippen LogP contribution in [0.3, 0.4) is 0 Å². The van der Waals surface area contributed by atoms with E-state index in [9.17, 15) is 31.9 Å². The van der Waals surface area contributed by atoms with Gasteiger partial charge in [0.05, 0.1) is 0 Å². The van der Waals surface area contributed by atoms with Crippen LogP contribution < -0.4 is 0 Å². The molecule has 1 aliphatic heterocycles. The van der Waals surface area contributed by atoms with Gasteiger partial charge < -0.3 is 9.64 Å². The summed E-state index contributed by atoms with van der Waals surface area (Å²) in [5.41, 5.74) is 1.41. The van der Waals surface area contributed by atoms with Crippen molar-refractivity contribution in [3.63, 3.8) is 0 Å². The molecule has 2 heterocycles. The molecule has 1 fully saturated rings. The van der Waals surface area contributed by atoms with Crippen molar-refractivity contribution in [2.75, 3.05) is 6.54 Å². The minimum absolute atomic E-state index is 0.117. The smallest absolute Gasteiger partial charge is 0.418 e. The van der Waals surface area contributed by atoms with E-state index in [-0.39, 0.29) is 12.0 Å². The fourth-order valence-electron chi connectivity index (χ4n) is 5.01. The van der Waals surface area contributed by atoms with Crippen LogP contribution in [0.2, 0.25) is 0 Å². The predicted molar refractivity (Wildman–Crippen MR) is 135 cm³/mol. The van der Waals surface area contributed by atoms with Crippen molar-refractivity contribution in [3.05, 3.63) is 81.3 Å². The Bertz CT molecular complexity index is 1550. The zero-order valence-corrected chi connectivity index (χ0v) is 21.8. The van der Waals surface area contributed by atoms with Crippen molar-refractivity contribution >= 4 is 29.2 Å². The van der Waals surface area contributed by atoms with Crippen LogP contribution in [-0.2, 0) is 32.9 Å². The van der Waals surface area contributed by atoms with Gasteiger partial charge in [-0.15, -0.1) is 11.3 Å². The van der Waals surface area contributed by atoms with E-state index in [4.69, 9.17) is 10.00 Å². The van der Waals surface area contributed by atoms with E-state index in [2.05, 4.69) is 6.07 Å². The Balaban J connectivity index is 1.38. The first-order valence-electron chi connectivity index (χ1n) is 12.2. The maximum absolute atomic E-state index is 13.6. The van der Waals surface area contributed by atoms with E-state index in [0.29, 0.717) is 26.7 Å². The molecule has 40 heavy (non-hydrogen) atoms. The fourth-order valence-corrected chi connectivity index (χ4v) is 5.72. The first-order chi connectivity index (χ1) is 18.9. The molecule has 0 saturated carbocycles. The van der Waals surface area contributed by atoms with E-state index in [1.54, 1.807) is 18.2 Å². The fraction of sp³-hybridized carbons (Fsp3) is 0.286. The zero-order chi connectivity index (χ0) is 28.8. The molecule has 1 aliphatic carbocycles. The molecule has 3 amide bonds. The highest BCUT2D eigenvalue weighted by Gasteiger charge is 2.58. The number of halogens is 4. The van der Waals surface area contributed by atoms with E-state index in [1.807, 2.05) is 11.4 Å². The van der Waals surface area contributed by atoms with Gasteiger partial charge in [-0.2, -0.15) is 18.4 Å². The van der Waals surface area contributed by atoms with Crippen molar-refractivity contribution in [1.29, 1.82) is 5.26 Å². The number of hydrogen-bond acceptors (Lipinski definition) is 6. The lowest BCUT2D eigenvalue weighted by Crippen LogP contribution is -2.51. The third-order valence-electron chi connectivity index (χ3n) is 7.22. The summed E-state index contributed by atoms with van der Waals surface area (Å²) in [6.45, 7) is -0.658. The van der Waals surface area contributed by atoms with Gasteiger partial charge in [0.15, 0.2) is 0 Å². The lowest BCUT2D eigenvalue weighted by Gasteiger charge is -2.31. The molecule has 2 aromatic carbocycles. The van der Waals surface area contributed by atoms with E-state index < -0.39 is 54.6 Å². The second kappa shape index (κ2) is 10.1. The average Bonchev–Trinajstić information content (AvgIpc) is 3.61. The van der Waals surface area contributed by atoms with E-state index in [1.165, 1.54) is 23.5 Å².